The Morgan fingerprint density at radius 2 is 1.93 bits per heavy atom. The quantitative estimate of drug-likeness (QED) is 0.733. The number of aromatic nitrogens is 1. The molecular formula is C10H13NO3S. The van der Waals surface area contributed by atoms with Gasteiger partial charge >= 0.3 is 0 Å². The van der Waals surface area contributed by atoms with Crippen LogP contribution in [0.3, 0.4) is 0 Å². The summed E-state index contributed by atoms with van der Waals surface area (Å²) in [6, 6.07) is 2.84. The van der Waals surface area contributed by atoms with Crippen LogP contribution in [0.5, 0.6) is 0 Å². The molecule has 0 unspecified atom stereocenters. The number of rotatable bonds is 3. The van der Waals surface area contributed by atoms with Crippen molar-refractivity contribution in [1.29, 1.82) is 0 Å². The second-order valence-electron chi connectivity index (χ2n) is 3.53. The van der Waals surface area contributed by atoms with Crippen molar-refractivity contribution in [2.24, 2.45) is 0 Å². The van der Waals surface area contributed by atoms with Crippen LogP contribution in [0.25, 0.3) is 0 Å². The van der Waals surface area contributed by atoms with Crippen molar-refractivity contribution in [3.8, 4) is 0 Å². The predicted molar refractivity (Wildman–Crippen MR) is 56.6 cm³/mol. The van der Waals surface area contributed by atoms with Gasteiger partial charge in [-0.2, -0.15) is 0 Å². The molecule has 0 fully saturated rings. The van der Waals surface area contributed by atoms with Gasteiger partial charge in [0.1, 0.15) is 5.69 Å². The van der Waals surface area contributed by atoms with Gasteiger partial charge in [0.25, 0.3) is 0 Å². The summed E-state index contributed by atoms with van der Waals surface area (Å²) in [6.07, 6.45) is 1.23. The Balaban J connectivity index is 3.15. The van der Waals surface area contributed by atoms with Gasteiger partial charge < -0.3 is 0 Å². The highest BCUT2D eigenvalue weighted by Crippen LogP contribution is 2.14. The second-order valence-corrected chi connectivity index (χ2v) is 6.03. The van der Waals surface area contributed by atoms with Crippen LogP contribution in [0.2, 0.25) is 0 Å². The average molecular weight is 227 g/mol. The van der Waals surface area contributed by atoms with Crippen LogP contribution in [0.1, 0.15) is 31.3 Å². The topological polar surface area (TPSA) is 64.1 Å². The maximum absolute atomic E-state index is 11.7. The zero-order valence-electron chi connectivity index (χ0n) is 8.89. The molecule has 5 heteroatoms. The normalized spacial score (nSPS) is 11.7. The first-order valence-electron chi connectivity index (χ1n) is 4.56. The molecule has 0 radical (unpaired) electrons. The summed E-state index contributed by atoms with van der Waals surface area (Å²) in [5.41, 5.74) is 0.276. The Kier molecular flexibility index (Phi) is 3.24. The van der Waals surface area contributed by atoms with E-state index >= 15 is 0 Å². The van der Waals surface area contributed by atoms with Crippen molar-refractivity contribution in [2.75, 3.05) is 0 Å². The maximum atomic E-state index is 11.7. The van der Waals surface area contributed by atoms with Crippen LogP contribution in [0, 0.1) is 0 Å². The van der Waals surface area contributed by atoms with E-state index in [0.29, 0.717) is 0 Å². The molecule has 0 amide bonds. The minimum Gasteiger partial charge on any atom is -0.293 e. The average Bonchev–Trinajstić information content (AvgIpc) is 2.17. The van der Waals surface area contributed by atoms with Crippen LogP contribution in [0.15, 0.2) is 23.2 Å². The van der Waals surface area contributed by atoms with Crippen molar-refractivity contribution in [1.82, 2.24) is 4.98 Å². The number of carbonyl (C=O) groups excluding carboxylic acids is 1. The Labute approximate surface area is 89.3 Å². The molecule has 1 aromatic heterocycles. The molecule has 0 spiro atoms. The molecule has 0 aromatic carbocycles. The third-order valence-electron chi connectivity index (χ3n) is 2.05. The van der Waals surface area contributed by atoms with E-state index in [0.717, 1.165) is 0 Å². The summed E-state index contributed by atoms with van der Waals surface area (Å²) in [6.45, 7) is 4.60. The summed E-state index contributed by atoms with van der Waals surface area (Å²) in [5, 5.41) is -0.484. The fraction of sp³-hybridized carbons (Fsp3) is 0.400. The van der Waals surface area contributed by atoms with Crippen LogP contribution in [-0.4, -0.2) is 24.4 Å². The third kappa shape index (κ3) is 2.41. The SMILES string of the molecule is CC(=O)c1ccc(S(=O)(=O)C(C)C)cn1. The van der Waals surface area contributed by atoms with E-state index in [-0.39, 0.29) is 16.4 Å². The number of hydrogen-bond acceptors (Lipinski definition) is 4. The molecular weight excluding hydrogens is 214 g/mol. The molecule has 1 rings (SSSR count). The van der Waals surface area contributed by atoms with Crippen LogP contribution in [0.4, 0.5) is 0 Å². The molecule has 1 heterocycles. The fourth-order valence-corrected chi connectivity index (χ4v) is 2.03. The van der Waals surface area contributed by atoms with E-state index in [1.54, 1.807) is 13.8 Å². The minimum absolute atomic E-state index is 0.155. The summed E-state index contributed by atoms with van der Waals surface area (Å²) in [5.74, 6) is -0.177. The largest absolute Gasteiger partial charge is 0.293 e. The lowest BCUT2D eigenvalue weighted by molar-refractivity contribution is 0.101. The molecule has 82 valence electrons. The molecule has 0 saturated carbocycles. The van der Waals surface area contributed by atoms with Gasteiger partial charge in [-0.05, 0) is 26.0 Å². The van der Waals surface area contributed by atoms with Crippen LogP contribution in [-0.2, 0) is 9.84 Å². The Morgan fingerprint density at radius 1 is 1.33 bits per heavy atom. The standard InChI is InChI=1S/C10H13NO3S/c1-7(2)15(13,14)9-4-5-10(8(3)12)11-6-9/h4-7H,1-3H3. The van der Waals surface area contributed by atoms with Crippen molar-refractivity contribution in [3.63, 3.8) is 0 Å². The molecule has 0 saturated heterocycles. The lowest BCUT2D eigenvalue weighted by atomic mass is 10.3. The molecule has 0 atom stereocenters. The fourth-order valence-electron chi connectivity index (χ4n) is 1.03. The Morgan fingerprint density at radius 3 is 2.27 bits per heavy atom. The number of hydrogen-bond donors (Lipinski definition) is 0. The van der Waals surface area contributed by atoms with Gasteiger partial charge in [0, 0.05) is 13.1 Å². The van der Waals surface area contributed by atoms with Crippen molar-refractivity contribution in [2.45, 2.75) is 30.9 Å². The highest BCUT2D eigenvalue weighted by atomic mass is 32.2. The van der Waals surface area contributed by atoms with E-state index in [4.69, 9.17) is 0 Å². The molecule has 15 heavy (non-hydrogen) atoms. The zero-order valence-corrected chi connectivity index (χ0v) is 9.71. The molecule has 0 N–H and O–H groups in total. The highest BCUT2D eigenvalue weighted by molar-refractivity contribution is 7.92. The smallest absolute Gasteiger partial charge is 0.182 e. The van der Waals surface area contributed by atoms with E-state index in [2.05, 4.69) is 4.98 Å². The molecule has 0 aliphatic carbocycles. The number of pyridine rings is 1. The molecule has 0 bridgehead atoms. The van der Waals surface area contributed by atoms with Crippen molar-refractivity contribution in [3.05, 3.63) is 24.0 Å². The van der Waals surface area contributed by atoms with Crippen molar-refractivity contribution < 1.29 is 13.2 Å². The number of Topliss-reactive ketones (excluding diaryl/α,β-unsaturated/α-hetero) is 1. The summed E-state index contributed by atoms with van der Waals surface area (Å²) in [4.78, 5) is 14.9. The van der Waals surface area contributed by atoms with Gasteiger partial charge in [-0.3, -0.25) is 9.78 Å². The Hall–Kier alpha value is -1.23. The van der Waals surface area contributed by atoms with Gasteiger partial charge in [-0.1, -0.05) is 0 Å². The van der Waals surface area contributed by atoms with Crippen LogP contribution >= 0.6 is 0 Å². The first-order chi connectivity index (χ1) is 6.85. The second kappa shape index (κ2) is 4.10. The predicted octanol–water partition coefficient (Wildman–Crippen LogP) is 1.47. The minimum atomic E-state index is -3.29. The number of ketones is 1. The Bertz CT molecular complexity index is 460. The van der Waals surface area contributed by atoms with Gasteiger partial charge in [-0.25, -0.2) is 8.42 Å². The van der Waals surface area contributed by atoms with Gasteiger partial charge in [-0.15, -0.1) is 0 Å². The first kappa shape index (κ1) is 11.8. The van der Waals surface area contributed by atoms with Crippen molar-refractivity contribution >= 4 is 15.6 Å². The zero-order chi connectivity index (χ0) is 11.6. The molecule has 1 aromatic rings. The molecule has 0 aliphatic heterocycles. The summed E-state index contributed by atoms with van der Waals surface area (Å²) < 4.78 is 23.4. The van der Waals surface area contributed by atoms with E-state index in [1.165, 1.54) is 25.3 Å². The number of nitrogens with zero attached hydrogens (tertiary/aromatic N) is 1. The van der Waals surface area contributed by atoms with Gasteiger partial charge in [0.2, 0.25) is 0 Å². The number of sulfone groups is 1. The first-order valence-corrected chi connectivity index (χ1v) is 6.11. The molecule has 4 nitrogen and oxygen atoms in total. The maximum Gasteiger partial charge on any atom is 0.182 e. The van der Waals surface area contributed by atoms with E-state index in [9.17, 15) is 13.2 Å². The highest BCUT2D eigenvalue weighted by Gasteiger charge is 2.19. The van der Waals surface area contributed by atoms with Gasteiger partial charge in [0.05, 0.1) is 10.1 Å². The lowest BCUT2D eigenvalue weighted by Gasteiger charge is -2.06. The number of carbonyl (C=O) groups is 1. The van der Waals surface area contributed by atoms with E-state index in [1.807, 2.05) is 0 Å². The monoisotopic (exact) mass is 227 g/mol. The van der Waals surface area contributed by atoms with Gasteiger partial charge in [0.15, 0.2) is 15.6 Å². The van der Waals surface area contributed by atoms with Crippen LogP contribution < -0.4 is 0 Å². The lowest BCUT2D eigenvalue weighted by Crippen LogP contribution is -2.14. The summed E-state index contributed by atoms with van der Waals surface area (Å²) in [7, 11) is -3.29. The summed E-state index contributed by atoms with van der Waals surface area (Å²) >= 11 is 0. The third-order valence-corrected chi connectivity index (χ3v) is 4.19. The van der Waals surface area contributed by atoms with E-state index < -0.39 is 15.1 Å². The molecule has 0 aliphatic rings.